The first-order chi connectivity index (χ1) is 12.5. The summed E-state index contributed by atoms with van der Waals surface area (Å²) in [6.07, 6.45) is 1.59. The number of fused-ring (bicyclic) bond motifs is 1. The van der Waals surface area contributed by atoms with Crippen LogP contribution in [0.25, 0.3) is 10.2 Å². The Balaban J connectivity index is 1.46. The minimum atomic E-state index is -1.00. The van der Waals surface area contributed by atoms with Gasteiger partial charge in [0.25, 0.3) is 5.91 Å². The smallest absolute Gasteiger partial charge is 0.253 e. The second kappa shape index (κ2) is 6.93. The van der Waals surface area contributed by atoms with Crippen molar-refractivity contribution < 1.29 is 13.6 Å². The van der Waals surface area contributed by atoms with Gasteiger partial charge in [0, 0.05) is 29.6 Å². The minimum Gasteiger partial charge on any atom is -0.339 e. The van der Waals surface area contributed by atoms with Crippen LogP contribution in [0.15, 0.2) is 36.4 Å². The van der Waals surface area contributed by atoms with Gasteiger partial charge in [0.1, 0.15) is 0 Å². The number of carbonyl (C=O) groups is 1. The molecule has 7 heteroatoms. The predicted molar refractivity (Wildman–Crippen MR) is 98.9 cm³/mol. The maximum absolute atomic E-state index is 13.4. The Bertz CT molecular complexity index is 983. The van der Waals surface area contributed by atoms with Crippen molar-refractivity contribution in [2.45, 2.75) is 18.8 Å². The Hall–Kier alpha value is -2.05. The maximum atomic E-state index is 13.4. The lowest BCUT2D eigenvalue weighted by atomic mass is 9.97. The van der Waals surface area contributed by atoms with Gasteiger partial charge >= 0.3 is 0 Å². The zero-order valence-electron chi connectivity index (χ0n) is 13.7. The van der Waals surface area contributed by atoms with Gasteiger partial charge in [0.15, 0.2) is 11.6 Å². The van der Waals surface area contributed by atoms with E-state index in [9.17, 15) is 13.6 Å². The van der Waals surface area contributed by atoms with E-state index in [1.807, 2.05) is 18.2 Å². The van der Waals surface area contributed by atoms with Crippen molar-refractivity contribution in [3.8, 4) is 0 Å². The predicted octanol–water partition coefficient (Wildman–Crippen LogP) is 5.25. The molecule has 0 bridgehead atoms. The van der Waals surface area contributed by atoms with Crippen molar-refractivity contribution in [2.24, 2.45) is 0 Å². The van der Waals surface area contributed by atoms with E-state index in [2.05, 4.69) is 4.98 Å². The number of thiazole rings is 1. The normalized spacial score (nSPS) is 15.6. The molecule has 1 aliphatic rings. The number of amides is 1. The molecule has 3 nitrogen and oxygen atoms in total. The molecule has 0 aliphatic carbocycles. The summed E-state index contributed by atoms with van der Waals surface area (Å²) in [5.41, 5.74) is 1.08. The topological polar surface area (TPSA) is 33.2 Å². The fourth-order valence-corrected chi connectivity index (χ4v) is 4.52. The van der Waals surface area contributed by atoms with E-state index in [0.717, 1.165) is 40.2 Å². The van der Waals surface area contributed by atoms with Crippen molar-refractivity contribution >= 4 is 39.1 Å². The largest absolute Gasteiger partial charge is 0.339 e. The monoisotopic (exact) mass is 392 g/mol. The lowest BCUT2D eigenvalue weighted by Crippen LogP contribution is -2.38. The third kappa shape index (κ3) is 3.31. The Morgan fingerprint density at radius 3 is 2.62 bits per heavy atom. The summed E-state index contributed by atoms with van der Waals surface area (Å²) < 4.78 is 27.5. The van der Waals surface area contributed by atoms with Gasteiger partial charge in [-0.25, -0.2) is 13.8 Å². The standard InChI is InChI=1S/C19H15ClF2N2OS/c20-13-2-4-17-16(10-13)23-18(26-17)11-5-7-24(8-6-11)19(25)12-1-3-14(21)15(22)9-12/h1-4,9-11H,5-8H2. The molecule has 134 valence electrons. The van der Waals surface area contributed by atoms with Crippen LogP contribution in [0.2, 0.25) is 5.02 Å². The van der Waals surface area contributed by atoms with Crippen LogP contribution in [-0.2, 0) is 0 Å². The Kier molecular flexibility index (Phi) is 4.63. The van der Waals surface area contributed by atoms with Crippen molar-refractivity contribution in [1.29, 1.82) is 0 Å². The van der Waals surface area contributed by atoms with Crippen LogP contribution in [-0.4, -0.2) is 28.9 Å². The highest BCUT2D eigenvalue weighted by molar-refractivity contribution is 7.18. The number of rotatable bonds is 2. The molecule has 0 N–H and O–H groups in total. The molecule has 0 spiro atoms. The molecule has 0 unspecified atom stereocenters. The van der Waals surface area contributed by atoms with Gasteiger partial charge in [0.05, 0.1) is 15.2 Å². The summed E-state index contributed by atoms with van der Waals surface area (Å²) in [5, 5.41) is 1.73. The van der Waals surface area contributed by atoms with Gasteiger partial charge in [-0.3, -0.25) is 4.79 Å². The quantitative estimate of drug-likeness (QED) is 0.597. The van der Waals surface area contributed by atoms with E-state index >= 15 is 0 Å². The Morgan fingerprint density at radius 1 is 1.12 bits per heavy atom. The molecule has 4 rings (SSSR count). The molecule has 2 heterocycles. The number of hydrogen-bond acceptors (Lipinski definition) is 3. The molecular formula is C19H15ClF2N2OS. The van der Waals surface area contributed by atoms with Gasteiger partial charge in [-0.15, -0.1) is 11.3 Å². The number of carbonyl (C=O) groups excluding carboxylic acids is 1. The summed E-state index contributed by atoms with van der Waals surface area (Å²) in [6.45, 7) is 1.14. The summed E-state index contributed by atoms with van der Waals surface area (Å²) in [5.74, 6) is -1.92. The highest BCUT2D eigenvalue weighted by Crippen LogP contribution is 2.35. The highest BCUT2D eigenvalue weighted by atomic mass is 35.5. The molecule has 2 aromatic carbocycles. The lowest BCUT2D eigenvalue weighted by Gasteiger charge is -2.31. The van der Waals surface area contributed by atoms with Crippen molar-refractivity contribution in [1.82, 2.24) is 9.88 Å². The number of piperidine rings is 1. The fraction of sp³-hybridized carbons (Fsp3) is 0.263. The number of benzene rings is 2. The SMILES string of the molecule is O=C(c1ccc(F)c(F)c1)N1CCC(c2nc3cc(Cl)ccc3s2)CC1. The molecule has 1 fully saturated rings. The van der Waals surface area contributed by atoms with Crippen molar-refractivity contribution in [3.05, 3.63) is 63.6 Å². The average Bonchev–Trinajstić information content (AvgIpc) is 3.06. The van der Waals surface area contributed by atoms with Crippen LogP contribution < -0.4 is 0 Å². The molecular weight excluding hydrogens is 378 g/mol. The van der Waals surface area contributed by atoms with Gasteiger partial charge in [0.2, 0.25) is 0 Å². The molecule has 1 aliphatic heterocycles. The number of halogens is 3. The van der Waals surface area contributed by atoms with E-state index in [1.54, 1.807) is 16.2 Å². The molecule has 1 amide bonds. The maximum Gasteiger partial charge on any atom is 0.253 e. The van der Waals surface area contributed by atoms with Gasteiger partial charge in [-0.1, -0.05) is 11.6 Å². The number of likely N-dealkylation sites (tertiary alicyclic amines) is 1. The molecule has 3 aromatic rings. The zero-order valence-corrected chi connectivity index (χ0v) is 15.3. The summed E-state index contributed by atoms with van der Waals surface area (Å²) >= 11 is 7.67. The molecule has 0 atom stereocenters. The minimum absolute atomic E-state index is 0.178. The molecule has 0 saturated carbocycles. The summed E-state index contributed by atoms with van der Waals surface area (Å²) in [4.78, 5) is 18.9. The van der Waals surface area contributed by atoms with Crippen LogP contribution >= 0.6 is 22.9 Å². The summed E-state index contributed by atoms with van der Waals surface area (Å²) in [7, 11) is 0. The van der Waals surface area contributed by atoms with Crippen molar-refractivity contribution in [2.75, 3.05) is 13.1 Å². The van der Waals surface area contributed by atoms with Crippen LogP contribution in [0.4, 0.5) is 8.78 Å². The fourth-order valence-electron chi connectivity index (χ4n) is 3.23. The second-order valence-corrected chi connectivity index (χ2v) is 7.86. The van der Waals surface area contributed by atoms with Crippen LogP contribution in [0.5, 0.6) is 0 Å². The first-order valence-corrected chi connectivity index (χ1v) is 9.51. The lowest BCUT2D eigenvalue weighted by molar-refractivity contribution is 0.0712. The van der Waals surface area contributed by atoms with E-state index < -0.39 is 11.6 Å². The first kappa shape index (κ1) is 17.4. The number of nitrogens with zero attached hydrogens (tertiary/aromatic N) is 2. The van der Waals surface area contributed by atoms with Crippen LogP contribution in [0, 0.1) is 11.6 Å². The van der Waals surface area contributed by atoms with Crippen molar-refractivity contribution in [3.63, 3.8) is 0 Å². The molecule has 26 heavy (non-hydrogen) atoms. The third-order valence-electron chi connectivity index (χ3n) is 4.66. The van der Waals surface area contributed by atoms with E-state index in [0.29, 0.717) is 24.0 Å². The first-order valence-electron chi connectivity index (χ1n) is 8.31. The molecule has 0 radical (unpaired) electrons. The summed E-state index contributed by atoms with van der Waals surface area (Å²) in [6, 6.07) is 8.96. The van der Waals surface area contributed by atoms with Gasteiger partial charge < -0.3 is 4.90 Å². The Morgan fingerprint density at radius 2 is 1.88 bits per heavy atom. The highest BCUT2D eigenvalue weighted by Gasteiger charge is 2.27. The van der Waals surface area contributed by atoms with E-state index in [1.165, 1.54) is 6.07 Å². The third-order valence-corrected chi connectivity index (χ3v) is 6.10. The molecule has 1 saturated heterocycles. The van der Waals surface area contributed by atoms with E-state index in [-0.39, 0.29) is 11.5 Å². The van der Waals surface area contributed by atoms with Crippen LogP contribution in [0.1, 0.15) is 34.1 Å². The van der Waals surface area contributed by atoms with E-state index in [4.69, 9.17) is 11.6 Å². The molecule has 1 aromatic heterocycles. The zero-order chi connectivity index (χ0) is 18.3. The number of hydrogen-bond donors (Lipinski definition) is 0. The average molecular weight is 393 g/mol. The second-order valence-electron chi connectivity index (χ2n) is 6.36. The van der Waals surface area contributed by atoms with Gasteiger partial charge in [-0.2, -0.15) is 0 Å². The Labute approximate surface area is 158 Å². The van der Waals surface area contributed by atoms with Gasteiger partial charge in [-0.05, 0) is 49.2 Å². The number of aromatic nitrogens is 1. The van der Waals surface area contributed by atoms with Crippen LogP contribution in [0.3, 0.4) is 0 Å².